The van der Waals surface area contributed by atoms with Crippen molar-refractivity contribution in [2.75, 3.05) is 19.6 Å². The molecule has 0 bridgehead atoms. The summed E-state index contributed by atoms with van der Waals surface area (Å²) < 4.78 is 2.08. The molecule has 0 spiro atoms. The Hall–Kier alpha value is -1.46. The van der Waals surface area contributed by atoms with E-state index in [1.807, 2.05) is 24.4 Å². The monoisotopic (exact) mass is 285 g/mol. The zero-order chi connectivity index (χ0) is 14.1. The molecule has 0 radical (unpaired) electrons. The lowest BCUT2D eigenvalue weighted by Crippen LogP contribution is -2.46. The van der Waals surface area contributed by atoms with Crippen molar-refractivity contribution in [3.63, 3.8) is 0 Å². The molecule has 2 aromatic heterocycles. The molecule has 4 heterocycles. The molecule has 2 saturated heterocycles. The first-order valence-corrected chi connectivity index (χ1v) is 8.16. The molecule has 2 fully saturated rings. The molecule has 2 atom stereocenters. The highest BCUT2D eigenvalue weighted by molar-refractivity contribution is 5.36. The van der Waals surface area contributed by atoms with Crippen molar-refractivity contribution in [2.24, 2.45) is 0 Å². The summed E-state index contributed by atoms with van der Waals surface area (Å²) in [6, 6.07) is 7.55. The van der Waals surface area contributed by atoms with Crippen LogP contribution in [0.25, 0.3) is 5.65 Å². The summed E-state index contributed by atoms with van der Waals surface area (Å²) in [5, 5.41) is 12.2. The van der Waals surface area contributed by atoms with Crippen LogP contribution in [0.15, 0.2) is 24.4 Å². The average Bonchev–Trinajstić information content (AvgIpc) is 3.14. The first kappa shape index (κ1) is 13.2. The minimum absolute atomic E-state index is 0.684. The molecule has 2 aliphatic heterocycles. The lowest BCUT2D eigenvalue weighted by Gasteiger charge is -2.35. The van der Waals surface area contributed by atoms with Crippen molar-refractivity contribution in [1.82, 2.24) is 24.8 Å². The second-order valence-corrected chi connectivity index (χ2v) is 6.30. The van der Waals surface area contributed by atoms with E-state index in [1.165, 1.54) is 38.8 Å². The summed E-state index contributed by atoms with van der Waals surface area (Å²) in [6.07, 6.45) is 8.38. The van der Waals surface area contributed by atoms with Crippen LogP contribution in [0.5, 0.6) is 0 Å². The topological polar surface area (TPSA) is 45.5 Å². The quantitative estimate of drug-likeness (QED) is 0.924. The number of fused-ring (bicyclic) bond motifs is 2. The van der Waals surface area contributed by atoms with E-state index in [4.69, 9.17) is 0 Å². The van der Waals surface area contributed by atoms with E-state index >= 15 is 0 Å². The van der Waals surface area contributed by atoms with Crippen molar-refractivity contribution < 1.29 is 0 Å². The summed E-state index contributed by atoms with van der Waals surface area (Å²) in [7, 11) is 0. The van der Waals surface area contributed by atoms with Crippen molar-refractivity contribution in [3.8, 4) is 0 Å². The molecule has 2 unspecified atom stereocenters. The number of nitrogens with zero attached hydrogens (tertiary/aromatic N) is 4. The molecule has 0 saturated carbocycles. The Morgan fingerprint density at radius 2 is 2.19 bits per heavy atom. The molecule has 0 amide bonds. The summed E-state index contributed by atoms with van der Waals surface area (Å²) in [5.41, 5.74) is 0.937. The summed E-state index contributed by atoms with van der Waals surface area (Å²) in [4.78, 5) is 2.67. The Morgan fingerprint density at radius 1 is 1.19 bits per heavy atom. The van der Waals surface area contributed by atoms with Gasteiger partial charge in [0.25, 0.3) is 0 Å². The van der Waals surface area contributed by atoms with E-state index < -0.39 is 0 Å². The molecule has 2 aromatic rings. The maximum absolute atomic E-state index is 4.30. The largest absolute Gasteiger partial charge is 0.313 e. The van der Waals surface area contributed by atoms with E-state index in [2.05, 4.69) is 24.8 Å². The molecule has 4 rings (SSSR count). The second-order valence-electron chi connectivity index (χ2n) is 6.30. The SMILES string of the molecule is c1ccn2c(CCNC3CCN4CCCC4C3)nnc2c1. The fraction of sp³-hybridized carbons (Fsp3) is 0.625. The van der Waals surface area contributed by atoms with Crippen molar-refractivity contribution in [1.29, 1.82) is 0 Å². The third kappa shape index (κ3) is 2.68. The number of piperidine rings is 1. The lowest BCUT2D eigenvalue weighted by atomic mass is 9.97. The van der Waals surface area contributed by atoms with Crippen LogP contribution in [0, 0.1) is 0 Å². The Bertz CT molecular complexity index is 607. The number of pyridine rings is 1. The number of hydrogen-bond acceptors (Lipinski definition) is 4. The summed E-state index contributed by atoms with van der Waals surface area (Å²) in [5.74, 6) is 1.05. The Morgan fingerprint density at radius 3 is 3.19 bits per heavy atom. The lowest BCUT2D eigenvalue weighted by molar-refractivity contribution is 0.167. The number of nitrogens with one attached hydrogen (secondary N) is 1. The van der Waals surface area contributed by atoms with Crippen LogP contribution in [0.4, 0.5) is 0 Å². The molecule has 5 nitrogen and oxygen atoms in total. The van der Waals surface area contributed by atoms with Gasteiger partial charge < -0.3 is 10.2 Å². The van der Waals surface area contributed by atoms with Gasteiger partial charge in [0.2, 0.25) is 0 Å². The van der Waals surface area contributed by atoms with Gasteiger partial charge in [0.1, 0.15) is 5.82 Å². The van der Waals surface area contributed by atoms with Crippen molar-refractivity contribution in [2.45, 2.75) is 44.2 Å². The van der Waals surface area contributed by atoms with Crippen LogP contribution in [0.1, 0.15) is 31.5 Å². The van der Waals surface area contributed by atoms with Crippen molar-refractivity contribution in [3.05, 3.63) is 30.2 Å². The standard InChI is InChI=1S/C16H23N5/c1-2-10-21-15(5-1)18-19-16(21)6-8-17-13-7-11-20-9-3-4-14(20)12-13/h1-2,5,10,13-14,17H,3-4,6-9,11-12H2. The molecule has 0 aliphatic carbocycles. The van der Waals surface area contributed by atoms with Gasteiger partial charge in [-0.15, -0.1) is 10.2 Å². The van der Waals surface area contributed by atoms with E-state index in [0.717, 1.165) is 30.5 Å². The van der Waals surface area contributed by atoms with Crippen LogP contribution >= 0.6 is 0 Å². The van der Waals surface area contributed by atoms with Gasteiger partial charge in [-0.3, -0.25) is 4.40 Å². The van der Waals surface area contributed by atoms with Gasteiger partial charge in [-0.2, -0.15) is 0 Å². The minimum Gasteiger partial charge on any atom is -0.313 e. The zero-order valence-electron chi connectivity index (χ0n) is 12.4. The predicted octanol–water partition coefficient (Wildman–Crippen LogP) is 1.49. The van der Waals surface area contributed by atoms with Crippen molar-refractivity contribution >= 4 is 5.65 Å². The summed E-state index contributed by atoms with van der Waals surface area (Å²) >= 11 is 0. The van der Waals surface area contributed by atoms with Gasteiger partial charge in [0, 0.05) is 31.2 Å². The molecule has 1 N–H and O–H groups in total. The van der Waals surface area contributed by atoms with Crippen LogP contribution < -0.4 is 5.32 Å². The molecule has 2 aliphatic rings. The fourth-order valence-electron chi connectivity index (χ4n) is 3.86. The van der Waals surface area contributed by atoms with Gasteiger partial charge in [-0.1, -0.05) is 6.07 Å². The Balaban J connectivity index is 1.31. The van der Waals surface area contributed by atoms with Gasteiger partial charge >= 0.3 is 0 Å². The molecular weight excluding hydrogens is 262 g/mol. The second kappa shape index (κ2) is 5.73. The van der Waals surface area contributed by atoms with Gasteiger partial charge in [-0.25, -0.2) is 0 Å². The minimum atomic E-state index is 0.684. The van der Waals surface area contributed by atoms with E-state index in [1.54, 1.807) is 0 Å². The zero-order valence-corrected chi connectivity index (χ0v) is 12.4. The molecular formula is C16H23N5. The van der Waals surface area contributed by atoms with E-state index in [0.29, 0.717) is 6.04 Å². The van der Waals surface area contributed by atoms with Gasteiger partial charge in [0.15, 0.2) is 5.65 Å². The molecule has 0 aromatic carbocycles. The first-order chi connectivity index (χ1) is 10.4. The molecule has 21 heavy (non-hydrogen) atoms. The number of aromatic nitrogens is 3. The fourth-order valence-corrected chi connectivity index (χ4v) is 3.86. The summed E-state index contributed by atoms with van der Waals surface area (Å²) in [6.45, 7) is 3.59. The first-order valence-electron chi connectivity index (χ1n) is 8.16. The Kier molecular flexibility index (Phi) is 3.61. The van der Waals surface area contributed by atoms with E-state index in [9.17, 15) is 0 Å². The average molecular weight is 285 g/mol. The smallest absolute Gasteiger partial charge is 0.160 e. The van der Waals surface area contributed by atoms with E-state index in [-0.39, 0.29) is 0 Å². The third-order valence-corrected chi connectivity index (χ3v) is 4.99. The maximum atomic E-state index is 4.30. The van der Waals surface area contributed by atoms with Crippen LogP contribution in [-0.4, -0.2) is 51.2 Å². The Labute approximate surface area is 125 Å². The maximum Gasteiger partial charge on any atom is 0.160 e. The number of rotatable bonds is 4. The van der Waals surface area contributed by atoms with Gasteiger partial charge in [-0.05, 0) is 50.9 Å². The molecule has 5 heteroatoms. The predicted molar refractivity (Wildman–Crippen MR) is 82.3 cm³/mol. The van der Waals surface area contributed by atoms with Gasteiger partial charge in [0.05, 0.1) is 0 Å². The highest BCUT2D eigenvalue weighted by atomic mass is 15.2. The van der Waals surface area contributed by atoms with Crippen LogP contribution in [0.2, 0.25) is 0 Å². The molecule has 112 valence electrons. The normalized spacial score (nSPS) is 26.3. The highest BCUT2D eigenvalue weighted by Gasteiger charge is 2.31. The third-order valence-electron chi connectivity index (χ3n) is 4.99. The number of hydrogen-bond donors (Lipinski definition) is 1. The van der Waals surface area contributed by atoms with Crippen LogP contribution in [0.3, 0.4) is 0 Å². The highest BCUT2D eigenvalue weighted by Crippen LogP contribution is 2.26. The van der Waals surface area contributed by atoms with Crippen LogP contribution in [-0.2, 0) is 6.42 Å².